The van der Waals surface area contributed by atoms with Gasteiger partial charge < -0.3 is 4.74 Å². The van der Waals surface area contributed by atoms with Crippen LogP contribution in [0.4, 0.5) is 0 Å². The molecular weight excluding hydrogens is 197 g/mol. The molecular formula is C4H2O3Ru. The maximum atomic E-state index is 9.92. The Balaban J connectivity index is 0.000000490. The zero-order chi connectivity index (χ0) is 5.28. The van der Waals surface area contributed by atoms with Crippen LogP contribution >= 0.6 is 0 Å². The summed E-state index contributed by atoms with van der Waals surface area (Å²) in [5.41, 5.74) is 0. The van der Waals surface area contributed by atoms with Crippen LogP contribution in [0.3, 0.4) is 0 Å². The number of rotatable bonds is 0. The maximum Gasteiger partial charge on any atom is 0.338 e. The van der Waals surface area contributed by atoms with E-state index in [0.29, 0.717) is 0 Å². The Hall–Kier alpha value is -0.497. The van der Waals surface area contributed by atoms with Crippen molar-refractivity contribution in [3.8, 4) is 0 Å². The first-order valence-corrected chi connectivity index (χ1v) is 1.73. The minimum Gasteiger partial charge on any atom is -0.387 e. The number of cyclic esters (lactones) is 2. The third-order valence-corrected chi connectivity index (χ3v) is 0.557. The predicted molar refractivity (Wildman–Crippen MR) is 20.2 cm³/mol. The fourth-order valence-corrected chi connectivity index (χ4v) is 0.303. The normalized spacial score (nSPS) is 15.5. The van der Waals surface area contributed by atoms with Crippen molar-refractivity contribution >= 4 is 11.9 Å². The Kier molecular flexibility index (Phi) is 2.55. The molecule has 0 aromatic carbocycles. The SMILES string of the molecule is O=C1C=CC(=O)O1.[Ru]. The van der Waals surface area contributed by atoms with E-state index >= 15 is 0 Å². The molecule has 1 aliphatic heterocycles. The number of carbonyl (C=O) groups is 2. The van der Waals surface area contributed by atoms with E-state index in [0.717, 1.165) is 12.2 Å². The van der Waals surface area contributed by atoms with E-state index in [1.54, 1.807) is 0 Å². The standard InChI is InChI=1S/C4H2O3.Ru/c5-3-1-2-4(6)7-3;/h1-2H;. The molecule has 0 atom stereocenters. The molecule has 0 aromatic heterocycles. The zero-order valence-electron chi connectivity index (χ0n) is 3.73. The summed E-state index contributed by atoms with van der Waals surface area (Å²) in [4.78, 5) is 19.8. The summed E-state index contributed by atoms with van der Waals surface area (Å²) >= 11 is 0. The van der Waals surface area contributed by atoms with Crippen LogP contribution in [0.15, 0.2) is 12.2 Å². The Morgan fingerprint density at radius 2 is 1.50 bits per heavy atom. The van der Waals surface area contributed by atoms with Gasteiger partial charge in [0.1, 0.15) is 0 Å². The molecule has 3 nitrogen and oxygen atoms in total. The van der Waals surface area contributed by atoms with Gasteiger partial charge in [0.2, 0.25) is 0 Å². The minimum atomic E-state index is -0.579. The van der Waals surface area contributed by atoms with Crippen LogP contribution in [-0.2, 0) is 33.8 Å². The fraction of sp³-hybridized carbons (Fsp3) is 0. The molecule has 0 saturated heterocycles. The first kappa shape index (κ1) is 7.50. The van der Waals surface area contributed by atoms with E-state index in [-0.39, 0.29) is 19.5 Å². The van der Waals surface area contributed by atoms with Gasteiger partial charge >= 0.3 is 11.9 Å². The van der Waals surface area contributed by atoms with Crippen molar-refractivity contribution in [1.29, 1.82) is 0 Å². The predicted octanol–water partition coefficient (Wildman–Crippen LogP) is -0.377. The number of esters is 2. The van der Waals surface area contributed by atoms with E-state index in [2.05, 4.69) is 4.74 Å². The van der Waals surface area contributed by atoms with Crippen LogP contribution in [0.25, 0.3) is 0 Å². The zero-order valence-corrected chi connectivity index (χ0v) is 5.47. The Morgan fingerprint density at radius 3 is 1.62 bits per heavy atom. The maximum absolute atomic E-state index is 9.92. The molecule has 0 radical (unpaired) electrons. The number of carbonyl (C=O) groups excluding carboxylic acids is 2. The van der Waals surface area contributed by atoms with Gasteiger partial charge in [-0.3, -0.25) is 0 Å². The Labute approximate surface area is 58.5 Å². The molecule has 44 valence electrons. The second-order valence-corrected chi connectivity index (χ2v) is 1.07. The molecule has 4 heteroatoms. The smallest absolute Gasteiger partial charge is 0.338 e. The summed E-state index contributed by atoms with van der Waals surface area (Å²) in [7, 11) is 0. The minimum absolute atomic E-state index is 0. The third kappa shape index (κ3) is 1.54. The van der Waals surface area contributed by atoms with Crippen LogP contribution < -0.4 is 0 Å². The summed E-state index contributed by atoms with van der Waals surface area (Å²) < 4.78 is 3.97. The molecule has 1 heterocycles. The van der Waals surface area contributed by atoms with Crippen molar-refractivity contribution in [3.63, 3.8) is 0 Å². The summed E-state index contributed by atoms with van der Waals surface area (Å²) in [5.74, 6) is -1.16. The molecule has 0 amide bonds. The van der Waals surface area contributed by atoms with Crippen LogP contribution in [0.1, 0.15) is 0 Å². The van der Waals surface area contributed by atoms with Crippen molar-refractivity contribution in [2.24, 2.45) is 0 Å². The van der Waals surface area contributed by atoms with Crippen molar-refractivity contribution < 1.29 is 33.8 Å². The largest absolute Gasteiger partial charge is 0.387 e. The van der Waals surface area contributed by atoms with Crippen LogP contribution in [0, 0.1) is 0 Å². The van der Waals surface area contributed by atoms with Gasteiger partial charge in [-0.25, -0.2) is 9.59 Å². The Morgan fingerprint density at radius 1 is 1.12 bits per heavy atom. The van der Waals surface area contributed by atoms with Crippen molar-refractivity contribution in [3.05, 3.63) is 12.2 Å². The van der Waals surface area contributed by atoms with Crippen molar-refractivity contribution in [2.75, 3.05) is 0 Å². The molecule has 0 aromatic rings. The van der Waals surface area contributed by atoms with Crippen LogP contribution in [0.2, 0.25) is 0 Å². The summed E-state index contributed by atoms with van der Waals surface area (Å²) in [6, 6.07) is 0. The Bertz CT molecular complexity index is 133. The van der Waals surface area contributed by atoms with E-state index in [1.165, 1.54) is 0 Å². The van der Waals surface area contributed by atoms with E-state index in [1.807, 2.05) is 0 Å². The van der Waals surface area contributed by atoms with Crippen LogP contribution in [0.5, 0.6) is 0 Å². The molecule has 0 spiro atoms. The monoisotopic (exact) mass is 200 g/mol. The van der Waals surface area contributed by atoms with Gasteiger partial charge in [-0.05, 0) is 0 Å². The summed E-state index contributed by atoms with van der Waals surface area (Å²) in [5, 5.41) is 0. The second kappa shape index (κ2) is 2.72. The topological polar surface area (TPSA) is 43.4 Å². The second-order valence-electron chi connectivity index (χ2n) is 1.07. The first-order valence-electron chi connectivity index (χ1n) is 1.73. The average molecular weight is 199 g/mol. The van der Waals surface area contributed by atoms with E-state index < -0.39 is 11.9 Å². The number of hydrogen-bond donors (Lipinski definition) is 0. The molecule has 1 rings (SSSR count). The fourth-order valence-electron chi connectivity index (χ4n) is 0.303. The molecule has 0 unspecified atom stereocenters. The third-order valence-electron chi connectivity index (χ3n) is 0.557. The first-order chi connectivity index (χ1) is 3.29. The van der Waals surface area contributed by atoms with Crippen LogP contribution in [-0.4, -0.2) is 11.9 Å². The summed E-state index contributed by atoms with van der Waals surface area (Å²) in [6.45, 7) is 0. The quantitative estimate of drug-likeness (QED) is 0.303. The van der Waals surface area contributed by atoms with E-state index in [4.69, 9.17) is 0 Å². The van der Waals surface area contributed by atoms with Gasteiger partial charge in [-0.2, -0.15) is 0 Å². The molecule has 0 saturated carbocycles. The molecule has 0 fully saturated rings. The molecule has 0 aliphatic carbocycles. The van der Waals surface area contributed by atoms with Gasteiger partial charge in [-0.1, -0.05) is 0 Å². The van der Waals surface area contributed by atoms with Gasteiger partial charge in [-0.15, -0.1) is 0 Å². The molecule has 8 heavy (non-hydrogen) atoms. The average Bonchev–Trinajstić information content (AvgIpc) is 1.87. The summed E-state index contributed by atoms with van der Waals surface area (Å²) in [6.07, 6.45) is 2.17. The van der Waals surface area contributed by atoms with Crippen molar-refractivity contribution in [2.45, 2.75) is 0 Å². The van der Waals surface area contributed by atoms with Gasteiger partial charge in [0.25, 0.3) is 0 Å². The van der Waals surface area contributed by atoms with Gasteiger partial charge in [0.15, 0.2) is 0 Å². The van der Waals surface area contributed by atoms with E-state index in [9.17, 15) is 9.59 Å². The molecule has 0 bridgehead atoms. The van der Waals surface area contributed by atoms with Gasteiger partial charge in [0.05, 0.1) is 0 Å². The van der Waals surface area contributed by atoms with Crippen molar-refractivity contribution in [1.82, 2.24) is 0 Å². The molecule has 1 aliphatic rings. The number of hydrogen-bond acceptors (Lipinski definition) is 3. The van der Waals surface area contributed by atoms with Gasteiger partial charge in [0, 0.05) is 31.6 Å². The number of ether oxygens (including phenoxy) is 1. The molecule has 0 N–H and O–H groups in total.